The van der Waals surface area contributed by atoms with Gasteiger partial charge in [0.25, 0.3) is 5.56 Å². The Labute approximate surface area is 205 Å². The first-order chi connectivity index (χ1) is 17.0. The largest absolute Gasteiger partial charge is 0.493 e. The van der Waals surface area contributed by atoms with E-state index in [1.165, 1.54) is 16.3 Å². The van der Waals surface area contributed by atoms with E-state index >= 15 is 0 Å². The lowest BCUT2D eigenvalue weighted by atomic mass is 9.97. The van der Waals surface area contributed by atoms with Gasteiger partial charge in [-0.1, -0.05) is 25.1 Å². The van der Waals surface area contributed by atoms with Crippen molar-refractivity contribution in [3.63, 3.8) is 0 Å². The van der Waals surface area contributed by atoms with Gasteiger partial charge in [-0.15, -0.1) is 5.10 Å². The van der Waals surface area contributed by atoms with Crippen LogP contribution in [0.25, 0.3) is 5.69 Å². The van der Waals surface area contributed by atoms with Crippen LogP contribution < -0.4 is 25.2 Å². The number of methoxy groups -OCH3 is 2. The van der Waals surface area contributed by atoms with Crippen molar-refractivity contribution in [3.8, 4) is 17.2 Å². The number of hydrogen-bond acceptors (Lipinski definition) is 6. The summed E-state index contributed by atoms with van der Waals surface area (Å²) in [5, 5.41) is 7.67. The zero-order chi connectivity index (χ0) is 24.8. The first-order valence-corrected chi connectivity index (χ1v) is 12.0. The quantitative estimate of drug-likeness (QED) is 0.537. The molecule has 1 saturated heterocycles. The number of nitrogens with one attached hydrogen (secondary N) is 1. The summed E-state index contributed by atoms with van der Waals surface area (Å²) in [7, 11) is 3.19. The number of aryl methyl sites for hydroxylation is 1. The Balaban J connectivity index is 1.43. The van der Waals surface area contributed by atoms with Crippen LogP contribution in [0.4, 0.5) is 5.82 Å². The van der Waals surface area contributed by atoms with Gasteiger partial charge in [0.05, 0.1) is 25.8 Å². The molecule has 184 valence electrons. The summed E-state index contributed by atoms with van der Waals surface area (Å²) in [5.41, 5.74) is 2.69. The van der Waals surface area contributed by atoms with Gasteiger partial charge in [0.15, 0.2) is 11.5 Å². The van der Waals surface area contributed by atoms with Crippen LogP contribution in [0.15, 0.2) is 59.4 Å². The first-order valence-electron chi connectivity index (χ1n) is 12.0. The van der Waals surface area contributed by atoms with Crippen molar-refractivity contribution in [1.82, 2.24) is 15.1 Å². The molecule has 35 heavy (non-hydrogen) atoms. The van der Waals surface area contributed by atoms with Gasteiger partial charge in [-0.3, -0.25) is 9.59 Å². The lowest BCUT2D eigenvalue weighted by Gasteiger charge is -2.33. The summed E-state index contributed by atoms with van der Waals surface area (Å²) in [6.45, 7) is 3.85. The summed E-state index contributed by atoms with van der Waals surface area (Å²) >= 11 is 0. The van der Waals surface area contributed by atoms with Crippen LogP contribution >= 0.6 is 0 Å². The second-order valence-electron chi connectivity index (χ2n) is 8.65. The van der Waals surface area contributed by atoms with Gasteiger partial charge in [-0.05, 0) is 60.7 Å². The Hall–Kier alpha value is -3.81. The smallest absolute Gasteiger partial charge is 0.271 e. The maximum atomic E-state index is 13.0. The van der Waals surface area contributed by atoms with Crippen molar-refractivity contribution in [2.24, 2.45) is 5.92 Å². The van der Waals surface area contributed by atoms with Gasteiger partial charge in [-0.25, -0.2) is 0 Å². The molecule has 0 spiro atoms. The Morgan fingerprint density at radius 2 is 1.77 bits per heavy atom. The fraction of sp³-hybridized carbons (Fsp3) is 0.370. The van der Waals surface area contributed by atoms with Crippen LogP contribution in [0.3, 0.4) is 0 Å². The third kappa shape index (κ3) is 5.65. The van der Waals surface area contributed by atoms with Crippen LogP contribution in [0.5, 0.6) is 11.5 Å². The van der Waals surface area contributed by atoms with E-state index in [1.54, 1.807) is 20.3 Å². The minimum Gasteiger partial charge on any atom is -0.493 e. The molecule has 1 aliphatic heterocycles. The summed E-state index contributed by atoms with van der Waals surface area (Å²) in [6, 6.07) is 16.7. The molecule has 0 radical (unpaired) electrons. The molecule has 4 rings (SSSR count). The van der Waals surface area contributed by atoms with Crippen molar-refractivity contribution < 1.29 is 14.3 Å². The molecular formula is C27H32N4O4. The molecule has 8 heteroatoms. The number of carbonyl (C=O) groups is 1. The number of anilines is 1. The van der Waals surface area contributed by atoms with Gasteiger partial charge in [0.2, 0.25) is 5.91 Å². The predicted octanol–water partition coefficient (Wildman–Crippen LogP) is 3.34. The van der Waals surface area contributed by atoms with Crippen molar-refractivity contribution >= 4 is 11.7 Å². The normalized spacial score (nSPS) is 15.5. The molecule has 0 aliphatic carbocycles. The Morgan fingerprint density at radius 1 is 1.03 bits per heavy atom. The van der Waals surface area contributed by atoms with E-state index in [0.29, 0.717) is 30.4 Å². The van der Waals surface area contributed by atoms with E-state index in [0.717, 1.165) is 37.1 Å². The standard InChI is InChI=1S/C27H32N4O4/c1-4-19-7-10-22(11-8-19)31-26(32)14-13-25(29-31)30-15-5-6-21(18-30)27(33)28-17-20-9-12-23(34-2)24(16-20)35-3/h7-14,16,21H,4-6,15,17-18H2,1-3H3,(H,28,33)/t21-/m0/s1. The second-order valence-corrected chi connectivity index (χ2v) is 8.65. The fourth-order valence-corrected chi connectivity index (χ4v) is 4.35. The van der Waals surface area contributed by atoms with Crippen LogP contribution in [-0.4, -0.2) is 43.0 Å². The Bertz CT molecular complexity index is 1220. The third-order valence-electron chi connectivity index (χ3n) is 6.41. The highest BCUT2D eigenvalue weighted by Crippen LogP contribution is 2.27. The molecule has 1 fully saturated rings. The minimum atomic E-state index is -0.181. The number of aromatic nitrogens is 2. The molecule has 0 bridgehead atoms. The monoisotopic (exact) mass is 476 g/mol. The van der Waals surface area contributed by atoms with Crippen LogP contribution in [0.2, 0.25) is 0 Å². The molecule has 2 aromatic carbocycles. The molecule has 1 atom stereocenters. The van der Waals surface area contributed by atoms with E-state index in [1.807, 2.05) is 42.5 Å². The van der Waals surface area contributed by atoms with E-state index in [2.05, 4.69) is 22.2 Å². The van der Waals surface area contributed by atoms with E-state index in [-0.39, 0.29) is 17.4 Å². The number of amides is 1. The zero-order valence-corrected chi connectivity index (χ0v) is 20.5. The Kier molecular flexibility index (Phi) is 7.70. The molecular weight excluding hydrogens is 444 g/mol. The second kappa shape index (κ2) is 11.1. The summed E-state index contributed by atoms with van der Waals surface area (Å²) in [5.74, 6) is 1.83. The summed E-state index contributed by atoms with van der Waals surface area (Å²) < 4.78 is 12.1. The summed E-state index contributed by atoms with van der Waals surface area (Å²) in [4.78, 5) is 27.5. The van der Waals surface area contributed by atoms with Crippen molar-refractivity contribution in [1.29, 1.82) is 0 Å². The molecule has 1 amide bonds. The molecule has 1 N–H and O–H groups in total. The van der Waals surface area contributed by atoms with Crippen molar-refractivity contribution in [2.75, 3.05) is 32.2 Å². The number of nitrogens with zero attached hydrogens (tertiary/aromatic N) is 3. The molecule has 0 unspecified atom stereocenters. The number of carbonyl (C=O) groups excluding carboxylic acids is 1. The first kappa shape index (κ1) is 24.3. The molecule has 1 aromatic heterocycles. The van der Waals surface area contributed by atoms with Gasteiger partial charge in [0.1, 0.15) is 5.82 Å². The lowest BCUT2D eigenvalue weighted by molar-refractivity contribution is -0.125. The average molecular weight is 477 g/mol. The predicted molar refractivity (Wildman–Crippen MR) is 136 cm³/mol. The number of rotatable bonds is 8. The molecule has 1 aliphatic rings. The zero-order valence-electron chi connectivity index (χ0n) is 20.5. The third-order valence-corrected chi connectivity index (χ3v) is 6.41. The van der Waals surface area contributed by atoms with Crippen LogP contribution in [-0.2, 0) is 17.8 Å². The van der Waals surface area contributed by atoms with Gasteiger partial charge in [-0.2, -0.15) is 4.68 Å². The number of piperidine rings is 1. The molecule has 2 heterocycles. The molecule has 0 saturated carbocycles. The number of ether oxygens (including phenoxy) is 2. The maximum Gasteiger partial charge on any atom is 0.271 e. The van der Waals surface area contributed by atoms with Crippen LogP contribution in [0.1, 0.15) is 30.9 Å². The highest BCUT2D eigenvalue weighted by Gasteiger charge is 2.27. The van der Waals surface area contributed by atoms with E-state index in [9.17, 15) is 9.59 Å². The topological polar surface area (TPSA) is 85.7 Å². The molecule has 8 nitrogen and oxygen atoms in total. The van der Waals surface area contributed by atoms with Gasteiger partial charge >= 0.3 is 0 Å². The van der Waals surface area contributed by atoms with Gasteiger partial charge in [0, 0.05) is 25.7 Å². The Morgan fingerprint density at radius 3 is 2.49 bits per heavy atom. The van der Waals surface area contributed by atoms with E-state index < -0.39 is 0 Å². The SMILES string of the molecule is CCc1ccc(-n2nc(N3CCC[C@H](C(=O)NCc4ccc(OC)c(OC)c4)C3)ccc2=O)cc1. The average Bonchev–Trinajstić information content (AvgIpc) is 2.92. The number of benzene rings is 2. The minimum absolute atomic E-state index is 0.00737. The highest BCUT2D eigenvalue weighted by molar-refractivity contribution is 5.79. The molecule has 3 aromatic rings. The maximum absolute atomic E-state index is 13.0. The van der Waals surface area contributed by atoms with Gasteiger partial charge < -0.3 is 19.7 Å². The van der Waals surface area contributed by atoms with Crippen LogP contribution in [0, 0.1) is 5.92 Å². The van der Waals surface area contributed by atoms with Crippen molar-refractivity contribution in [2.45, 2.75) is 32.7 Å². The van der Waals surface area contributed by atoms with Crippen molar-refractivity contribution in [3.05, 3.63) is 76.1 Å². The van der Waals surface area contributed by atoms with E-state index in [4.69, 9.17) is 9.47 Å². The highest BCUT2D eigenvalue weighted by atomic mass is 16.5. The summed E-state index contributed by atoms with van der Waals surface area (Å²) in [6.07, 6.45) is 2.62. The fourth-order valence-electron chi connectivity index (χ4n) is 4.35. The number of hydrogen-bond donors (Lipinski definition) is 1. The lowest BCUT2D eigenvalue weighted by Crippen LogP contribution is -2.43.